The highest BCUT2D eigenvalue weighted by molar-refractivity contribution is 8.13. The molecule has 1 atom stereocenters. The number of aliphatic hydroxyl groups excluding tert-OH is 1. The van der Waals surface area contributed by atoms with Crippen LogP contribution in [0, 0.1) is 0 Å². The molecule has 0 amide bonds. The fourth-order valence-electron chi connectivity index (χ4n) is 3.97. The monoisotopic (exact) mass is 422 g/mol. The maximum absolute atomic E-state index is 11.1. The summed E-state index contributed by atoms with van der Waals surface area (Å²) in [4.78, 5) is 9.68. The highest BCUT2D eigenvalue weighted by atomic mass is 32.2. The van der Waals surface area contributed by atoms with E-state index in [9.17, 15) is 5.11 Å². The topological polar surface area (TPSA) is 45.0 Å². The summed E-state index contributed by atoms with van der Waals surface area (Å²) in [6, 6.07) is 30.3. The standard InChI is InChI=1S/C27H22N2OS/c1-31-26-17-25(28-23-11-4-5-12-24(23)29-26)19-13-15-20(16-14-19)27(30)22-10-6-8-18-7-2-3-9-21(18)22/h2-16,27,30H,17H2,1H3. The highest BCUT2D eigenvalue weighted by Crippen LogP contribution is 2.34. The van der Waals surface area contributed by atoms with Crippen molar-refractivity contribution in [3.05, 3.63) is 108 Å². The third-order valence-corrected chi connectivity index (χ3v) is 6.32. The van der Waals surface area contributed by atoms with Crippen molar-refractivity contribution in [2.45, 2.75) is 12.5 Å². The molecule has 3 nitrogen and oxygen atoms in total. The average molecular weight is 423 g/mol. The molecule has 1 N–H and O–H groups in total. The smallest absolute Gasteiger partial charge is 0.105 e. The van der Waals surface area contributed by atoms with Gasteiger partial charge in [0.05, 0.1) is 22.1 Å². The number of hydrogen-bond acceptors (Lipinski definition) is 4. The first-order chi connectivity index (χ1) is 15.2. The molecule has 5 rings (SSSR count). The Morgan fingerprint density at radius 1 is 0.774 bits per heavy atom. The molecule has 4 aromatic carbocycles. The fraction of sp³-hybridized carbons (Fsp3) is 0.111. The molecule has 31 heavy (non-hydrogen) atoms. The van der Waals surface area contributed by atoms with Crippen LogP contribution < -0.4 is 0 Å². The molecule has 0 saturated carbocycles. The van der Waals surface area contributed by atoms with Gasteiger partial charge in [0.25, 0.3) is 0 Å². The first kappa shape index (κ1) is 19.7. The van der Waals surface area contributed by atoms with Crippen LogP contribution in [0.5, 0.6) is 0 Å². The minimum absolute atomic E-state index is 0.680. The lowest BCUT2D eigenvalue weighted by Crippen LogP contribution is -2.07. The number of thioether (sulfide) groups is 1. The predicted octanol–water partition coefficient (Wildman–Crippen LogP) is 6.84. The third-order valence-electron chi connectivity index (χ3n) is 5.61. The average Bonchev–Trinajstić information content (AvgIpc) is 3.03. The second-order valence-corrected chi connectivity index (χ2v) is 8.41. The SMILES string of the molecule is CSC1=Nc2ccccc2N=C(c2ccc(C(O)c3cccc4ccccc34)cc2)C1. The van der Waals surface area contributed by atoms with Crippen molar-refractivity contribution in [3.8, 4) is 0 Å². The van der Waals surface area contributed by atoms with Crippen LogP contribution in [-0.2, 0) is 0 Å². The van der Waals surface area contributed by atoms with Crippen molar-refractivity contribution in [2.24, 2.45) is 9.98 Å². The van der Waals surface area contributed by atoms with Gasteiger partial charge < -0.3 is 5.11 Å². The van der Waals surface area contributed by atoms with E-state index in [1.807, 2.05) is 79.1 Å². The van der Waals surface area contributed by atoms with E-state index < -0.39 is 6.10 Å². The lowest BCUT2D eigenvalue weighted by molar-refractivity contribution is 0.222. The quantitative estimate of drug-likeness (QED) is 0.393. The lowest BCUT2D eigenvalue weighted by atomic mass is 9.95. The van der Waals surface area contributed by atoms with Gasteiger partial charge in [-0.25, -0.2) is 4.99 Å². The summed E-state index contributed by atoms with van der Waals surface area (Å²) in [6.07, 6.45) is 2.06. The molecule has 0 radical (unpaired) electrons. The van der Waals surface area contributed by atoms with Crippen LogP contribution in [0.15, 0.2) is 101 Å². The zero-order valence-electron chi connectivity index (χ0n) is 17.2. The summed E-state index contributed by atoms with van der Waals surface area (Å²) in [6.45, 7) is 0. The van der Waals surface area contributed by atoms with E-state index in [2.05, 4.69) is 18.2 Å². The Kier molecular flexibility index (Phi) is 5.41. The number of benzene rings is 4. The highest BCUT2D eigenvalue weighted by Gasteiger charge is 2.17. The van der Waals surface area contributed by atoms with E-state index in [0.29, 0.717) is 6.42 Å². The van der Waals surface area contributed by atoms with Crippen LogP contribution in [0.1, 0.15) is 29.2 Å². The first-order valence-electron chi connectivity index (χ1n) is 10.3. The Morgan fingerprint density at radius 2 is 1.45 bits per heavy atom. The molecule has 0 aliphatic carbocycles. The van der Waals surface area contributed by atoms with Gasteiger partial charge in [-0.3, -0.25) is 4.99 Å². The minimum atomic E-state index is -0.680. The van der Waals surface area contributed by atoms with Crippen LogP contribution in [0.2, 0.25) is 0 Å². The Labute approximate surface area is 186 Å². The van der Waals surface area contributed by atoms with Crippen LogP contribution in [0.4, 0.5) is 11.4 Å². The second kappa shape index (κ2) is 8.50. The molecule has 152 valence electrons. The van der Waals surface area contributed by atoms with E-state index in [1.165, 1.54) is 0 Å². The first-order valence-corrected chi connectivity index (χ1v) is 11.5. The Balaban J connectivity index is 1.49. The molecule has 0 fully saturated rings. The van der Waals surface area contributed by atoms with Gasteiger partial charge in [-0.2, -0.15) is 0 Å². The number of para-hydroxylation sites is 2. The molecule has 0 saturated heterocycles. The lowest BCUT2D eigenvalue weighted by Gasteiger charge is -2.15. The van der Waals surface area contributed by atoms with Crippen LogP contribution in [-0.4, -0.2) is 22.1 Å². The van der Waals surface area contributed by atoms with E-state index in [1.54, 1.807) is 11.8 Å². The van der Waals surface area contributed by atoms with Crippen LogP contribution in [0.25, 0.3) is 10.8 Å². The van der Waals surface area contributed by atoms with Gasteiger partial charge in [-0.15, -0.1) is 11.8 Å². The van der Waals surface area contributed by atoms with Crippen molar-refractivity contribution < 1.29 is 5.11 Å². The summed E-state index contributed by atoms with van der Waals surface area (Å²) in [5, 5.41) is 14.3. The zero-order valence-corrected chi connectivity index (χ0v) is 18.0. The number of aliphatic hydroxyl groups is 1. The van der Waals surface area contributed by atoms with Gasteiger partial charge in [0.1, 0.15) is 6.10 Å². The van der Waals surface area contributed by atoms with Crippen molar-refractivity contribution in [3.63, 3.8) is 0 Å². The molecule has 1 heterocycles. The molecule has 4 heteroatoms. The van der Waals surface area contributed by atoms with Gasteiger partial charge in [-0.05, 0) is 45.9 Å². The molecule has 0 bridgehead atoms. The number of nitrogens with zero attached hydrogens (tertiary/aromatic N) is 2. The van der Waals surface area contributed by atoms with Gasteiger partial charge in [0.15, 0.2) is 0 Å². The van der Waals surface area contributed by atoms with E-state index in [0.717, 1.165) is 49.6 Å². The van der Waals surface area contributed by atoms with Crippen LogP contribution in [0.3, 0.4) is 0 Å². The Hall–Kier alpha value is -3.21. The summed E-state index contributed by atoms with van der Waals surface area (Å²) in [5.41, 5.74) is 5.62. The van der Waals surface area contributed by atoms with E-state index in [4.69, 9.17) is 9.98 Å². The summed E-state index contributed by atoms with van der Waals surface area (Å²) >= 11 is 1.66. The van der Waals surface area contributed by atoms with Crippen molar-refractivity contribution in [2.75, 3.05) is 6.26 Å². The fourth-order valence-corrected chi connectivity index (χ4v) is 4.44. The van der Waals surface area contributed by atoms with Crippen LogP contribution >= 0.6 is 11.8 Å². The molecule has 1 unspecified atom stereocenters. The van der Waals surface area contributed by atoms with Gasteiger partial charge in [0, 0.05) is 6.42 Å². The van der Waals surface area contributed by atoms with Crippen molar-refractivity contribution >= 4 is 44.7 Å². The number of fused-ring (bicyclic) bond motifs is 2. The second-order valence-electron chi connectivity index (χ2n) is 7.53. The molecular weight excluding hydrogens is 400 g/mol. The zero-order chi connectivity index (χ0) is 21.2. The minimum Gasteiger partial charge on any atom is -0.384 e. The number of hydrogen-bond donors (Lipinski definition) is 1. The van der Waals surface area contributed by atoms with Gasteiger partial charge in [0.2, 0.25) is 0 Å². The molecule has 0 aromatic heterocycles. The summed E-state index contributed by atoms with van der Waals surface area (Å²) < 4.78 is 0. The van der Waals surface area contributed by atoms with Gasteiger partial charge in [-0.1, -0.05) is 78.9 Å². The molecule has 1 aliphatic heterocycles. The molecule has 0 spiro atoms. The maximum atomic E-state index is 11.1. The molecular formula is C27H22N2OS. The maximum Gasteiger partial charge on any atom is 0.105 e. The Morgan fingerprint density at radius 3 is 2.23 bits per heavy atom. The van der Waals surface area contributed by atoms with E-state index >= 15 is 0 Å². The van der Waals surface area contributed by atoms with E-state index in [-0.39, 0.29) is 0 Å². The molecule has 1 aliphatic rings. The normalized spacial score (nSPS) is 14.4. The largest absolute Gasteiger partial charge is 0.384 e. The third kappa shape index (κ3) is 3.92. The predicted molar refractivity (Wildman–Crippen MR) is 132 cm³/mol. The van der Waals surface area contributed by atoms with Gasteiger partial charge >= 0.3 is 0 Å². The summed E-state index contributed by atoms with van der Waals surface area (Å²) in [7, 11) is 0. The Bertz CT molecular complexity index is 1300. The summed E-state index contributed by atoms with van der Waals surface area (Å²) in [5.74, 6) is 0. The molecule has 4 aromatic rings. The number of rotatable bonds is 3. The number of aliphatic imine (C=N–C) groups is 2. The van der Waals surface area contributed by atoms with Crippen molar-refractivity contribution in [1.29, 1.82) is 0 Å². The van der Waals surface area contributed by atoms with Crippen molar-refractivity contribution in [1.82, 2.24) is 0 Å².